The van der Waals surface area contributed by atoms with E-state index in [1.807, 2.05) is 29.6 Å². The molecule has 1 N–H and O–H groups in total. The number of nitrogens with one attached hydrogen (secondary N) is 1. The van der Waals surface area contributed by atoms with Gasteiger partial charge in [-0.05, 0) is 58.8 Å². The van der Waals surface area contributed by atoms with Crippen molar-refractivity contribution in [2.45, 2.75) is 15.5 Å². The number of thiophene rings is 1. The third-order valence-corrected chi connectivity index (χ3v) is 7.69. The number of para-hydroxylation sites is 1. The molecule has 6 nitrogen and oxygen atoms in total. The molecule has 0 atom stereocenters. The highest BCUT2D eigenvalue weighted by atomic mass is 32.2. The molecule has 0 aliphatic rings. The number of hydrogen-bond donors (Lipinski definition) is 1. The van der Waals surface area contributed by atoms with Gasteiger partial charge in [-0.1, -0.05) is 16.6 Å². The lowest BCUT2D eigenvalue weighted by atomic mass is 10.2. The highest BCUT2D eigenvalue weighted by Crippen LogP contribution is 2.30. The first-order valence-electron chi connectivity index (χ1n) is 8.59. The molecule has 1 heterocycles. The lowest BCUT2D eigenvalue weighted by Gasteiger charge is -2.14. The van der Waals surface area contributed by atoms with E-state index < -0.39 is 10.0 Å². The molecule has 152 valence electrons. The summed E-state index contributed by atoms with van der Waals surface area (Å²) in [6, 6.07) is 15.4. The molecule has 1 aromatic heterocycles. The first kappa shape index (κ1) is 21.5. The summed E-state index contributed by atoms with van der Waals surface area (Å²) in [7, 11) is -1.17. The number of carbonyl (C=O) groups excluding carboxylic acids is 1. The molecule has 3 aromatic rings. The van der Waals surface area contributed by atoms with Crippen LogP contribution in [-0.2, 0) is 20.6 Å². The standard InChI is InChI=1S/C20H20N2O4S3/c1-22(26-2)29(24,25)17-9-7-16(8-10-17)20(23)21-18-5-3-4-6-19(18)28-14-15-11-12-27-13-15/h3-13H,14H2,1-2H3,(H,21,23). The maximum atomic E-state index is 12.6. The lowest BCUT2D eigenvalue weighted by Crippen LogP contribution is -2.25. The molecule has 0 saturated carbocycles. The van der Waals surface area contributed by atoms with Crippen LogP contribution >= 0.6 is 23.1 Å². The minimum atomic E-state index is -3.75. The summed E-state index contributed by atoms with van der Waals surface area (Å²) in [4.78, 5) is 18.4. The quantitative estimate of drug-likeness (QED) is 0.406. The van der Waals surface area contributed by atoms with Gasteiger partial charge < -0.3 is 5.32 Å². The minimum absolute atomic E-state index is 0.0464. The van der Waals surface area contributed by atoms with E-state index in [9.17, 15) is 13.2 Å². The molecule has 0 spiro atoms. The smallest absolute Gasteiger partial charge is 0.264 e. The van der Waals surface area contributed by atoms with Crippen LogP contribution in [0.25, 0.3) is 0 Å². The van der Waals surface area contributed by atoms with E-state index in [1.54, 1.807) is 23.1 Å². The van der Waals surface area contributed by atoms with Crippen molar-refractivity contribution < 1.29 is 18.0 Å². The molecule has 29 heavy (non-hydrogen) atoms. The number of nitrogens with zero attached hydrogens (tertiary/aromatic N) is 1. The second-order valence-electron chi connectivity index (χ2n) is 5.99. The van der Waals surface area contributed by atoms with Gasteiger partial charge in [0.25, 0.3) is 15.9 Å². The van der Waals surface area contributed by atoms with Gasteiger partial charge in [0.05, 0.1) is 17.7 Å². The molecular formula is C20H20N2O4S3. The summed E-state index contributed by atoms with van der Waals surface area (Å²) in [5.74, 6) is 0.508. The highest BCUT2D eigenvalue weighted by Gasteiger charge is 2.21. The molecule has 9 heteroatoms. The van der Waals surface area contributed by atoms with E-state index in [1.165, 1.54) is 44.0 Å². The van der Waals surface area contributed by atoms with Crippen LogP contribution in [0.3, 0.4) is 0 Å². The topological polar surface area (TPSA) is 75.7 Å². The number of thioether (sulfide) groups is 1. The molecule has 0 bridgehead atoms. The number of hydroxylamine groups is 1. The molecule has 0 fully saturated rings. The third kappa shape index (κ3) is 5.26. The van der Waals surface area contributed by atoms with Crippen LogP contribution in [0, 0.1) is 0 Å². The van der Waals surface area contributed by atoms with Crippen LogP contribution in [0.15, 0.2) is 75.1 Å². The first-order chi connectivity index (χ1) is 13.9. The summed E-state index contributed by atoms with van der Waals surface area (Å²) >= 11 is 3.30. The van der Waals surface area contributed by atoms with Crippen molar-refractivity contribution in [3.05, 3.63) is 76.5 Å². The fraction of sp³-hybridized carbons (Fsp3) is 0.150. The van der Waals surface area contributed by atoms with Crippen LogP contribution in [0.1, 0.15) is 15.9 Å². The molecule has 1 amide bonds. The largest absolute Gasteiger partial charge is 0.321 e. The molecule has 3 rings (SSSR count). The summed E-state index contributed by atoms with van der Waals surface area (Å²) in [6.07, 6.45) is 0. The number of amides is 1. The van der Waals surface area contributed by atoms with E-state index in [0.717, 1.165) is 15.1 Å². The number of sulfonamides is 1. The monoisotopic (exact) mass is 448 g/mol. The Kier molecular flexibility index (Phi) is 7.09. The number of rotatable bonds is 8. The van der Waals surface area contributed by atoms with Crippen molar-refractivity contribution in [2.24, 2.45) is 0 Å². The zero-order chi connectivity index (χ0) is 20.9. The van der Waals surface area contributed by atoms with E-state index in [4.69, 9.17) is 4.84 Å². The molecule has 0 unspecified atom stereocenters. The Bertz CT molecular complexity index is 1070. The van der Waals surface area contributed by atoms with Gasteiger partial charge in [0.15, 0.2) is 0 Å². The van der Waals surface area contributed by atoms with Gasteiger partial charge in [0.2, 0.25) is 0 Å². The zero-order valence-corrected chi connectivity index (χ0v) is 18.3. The maximum Gasteiger partial charge on any atom is 0.264 e. The molecule has 0 aliphatic carbocycles. The Morgan fingerprint density at radius 3 is 2.52 bits per heavy atom. The average Bonchev–Trinajstić information content (AvgIpc) is 3.26. The van der Waals surface area contributed by atoms with Crippen LogP contribution in [0.4, 0.5) is 5.69 Å². The molecule has 0 radical (unpaired) electrons. The Hall–Kier alpha value is -2.17. The van der Waals surface area contributed by atoms with Crippen molar-refractivity contribution in [3.8, 4) is 0 Å². The van der Waals surface area contributed by atoms with Crippen molar-refractivity contribution in [1.29, 1.82) is 0 Å². The van der Waals surface area contributed by atoms with Gasteiger partial charge in [-0.2, -0.15) is 11.3 Å². The van der Waals surface area contributed by atoms with Gasteiger partial charge >= 0.3 is 0 Å². The minimum Gasteiger partial charge on any atom is -0.321 e. The van der Waals surface area contributed by atoms with Gasteiger partial charge in [-0.15, -0.1) is 11.8 Å². The molecule has 2 aromatic carbocycles. The Labute approximate surface area is 178 Å². The maximum absolute atomic E-state index is 12.6. The number of carbonyl (C=O) groups is 1. The second-order valence-corrected chi connectivity index (χ2v) is 9.73. The Morgan fingerprint density at radius 2 is 1.86 bits per heavy atom. The van der Waals surface area contributed by atoms with Crippen molar-refractivity contribution in [1.82, 2.24) is 4.47 Å². The fourth-order valence-electron chi connectivity index (χ4n) is 2.45. The lowest BCUT2D eigenvalue weighted by molar-refractivity contribution is -0.0258. The zero-order valence-electron chi connectivity index (χ0n) is 15.9. The van der Waals surface area contributed by atoms with Crippen LogP contribution in [0.5, 0.6) is 0 Å². The summed E-state index contributed by atoms with van der Waals surface area (Å²) < 4.78 is 25.3. The number of hydrogen-bond acceptors (Lipinski definition) is 6. The first-order valence-corrected chi connectivity index (χ1v) is 12.0. The van der Waals surface area contributed by atoms with Gasteiger partial charge in [0.1, 0.15) is 0 Å². The summed E-state index contributed by atoms with van der Waals surface area (Å²) in [6.45, 7) is 0. The van der Waals surface area contributed by atoms with Gasteiger partial charge in [0, 0.05) is 23.3 Å². The summed E-state index contributed by atoms with van der Waals surface area (Å²) in [5.41, 5.74) is 2.31. The van der Waals surface area contributed by atoms with Gasteiger partial charge in [-0.25, -0.2) is 8.42 Å². The predicted octanol–water partition coefficient (Wildman–Crippen LogP) is 4.47. The fourth-order valence-corrected chi connectivity index (χ4v) is 5.15. The van der Waals surface area contributed by atoms with Crippen molar-refractivity contribution >= 4 is 44.7 Å². The van der Waals surface area contributed by atoms with E-state index in [0.29, 0.717) is 11.3 Å². The Morgan fingerprint density at radius 1 is 1.14 bits per heavy atom. The van der Waals surface area contributed by atoms with Crippen LogP contribution in [-0.4, -0.2) is 33.0 Å². The van der Waals surface area contributed by atoms with E-state index in [-0.39, 0.29) is 10.8 Å². The SMILES string of the molecule is CON(C)S(=O)(=O)c1ccc(C(=O)Nc2ccccc2SCc2ccsc2)cc1. The van der Waals surface area contributed by atoms with Crippen molar-refractivity contribution in [3.63, 3.8) is 0 Å². The van der Waals surface area contributed by atoms with Crippen LogP contribution in [0.2, 0.25) is 0 Å². The average molecular weight is 449 g/mol. The summed E-state index contributed by atoms with van der Waals surface area (Å²) in [5, 5.41) is 7.05. The molecular weight excluding hydrogens is 428 g/mol. The van der Waals surface area contributed by atoms with E-state index >= 15 is 0 Å². The molecule has 0 saturated heterocycles. The van der Waals surface area contributed by atoms with Crippen molar-refractivity contribution in [2.75, 3.05) is 19.5 Å². The number of benzene rings is 2. The Balaban J connectivity index is 1.72. The van der Waals surface area contributed by atoms with Crippen LogP contribution < -0.4 is 5.32 Å². The predicted molar refractivity (Wildman–Crippen MR) is 117 cm³/mol. The second kappa shape index (κ2) is 9.55. The molecule has 0 aliphatic heterocycles. The van der Waals surface area contributed by atoms with Gasteiger partial charge in [-0.3, -0.25) is 9.63 Å². The normalized spacial score (nSPS) is 11.6. The number of anilines is 1. The van der Waals surface area contributed by atoms with E-state index in [2.05, 4.69) is 16.8 Å². The third-order valence-electron chi connectivity index (χ3n) is 4.12. The highest BCUT2D eigenvalue weighted by molar-refractivity contribution is 7.98.